The third-order valence-corrected chi connectivity index (χ3v) is 5.13. The van der Waals surface area contributed by atoms with Gasteiger partial charge in [0, 0.05) is 19.4 Å². The standard InChI is InChI=1S/C21H21NO6/c23-19(24)16-8-6-15(7-9-16)18-14-21(26-12-13-27-21)10-11-22(18)28-20(25)17-4-2-1-3-5-17/h1-9,18H,10-14H2,(H,23,24). The van der Waals surface area contributed by atoms with Gasteiger partial charge in [0.1, 0.15) is 0 Å². The van der Waals surface area contributed by atoms with Crippen LogP contribution < -0.4 is 0 Å². The Hall–Kier alpha value is -2.74. The number of rotatable bonds is 4. The molecule has 0 bridgehead atoms. The topological polar surface area (TPSA) is 85.3 Å². The van der Waals surface area contributed by atoms with E-state index >= 15 is 0 Å². The Labute approximate surface area is 162 Å². The molecule has 2 aromatic carbocycles. The number of hydrogen-bond donors (Lipinski definition) is 1. The summed E-state index contributed by atoms with van der Waals surface area (Å²) in [5.74, 6) is -2.11. The minimum absolute atomic E-state index is 0.204. The fourth-order valence-corrected chi connectivity index (χ4v) is 3.67. The van der Waals surface area contributed by atoms with Gasteiger partial charge in [-0.3, -0.25) is 0 Å². The number of carbonyl (C=O) groups is 2. The van der Waals surface area contributed by atoms with Gasteiger partial charge >= 0.3 is 11.9 Å². The summed E-state index contributed by atoms with van der Waals surface area (Å²) >= 11 is 0. The van der Waals surface area contributed by atoms with E-state index in [2.05, 4.69) is 0 Å². The predicted octanol–water partition coefficient (Wildman–Crippen LogP) is 3.04. The Morgan fingerprint density at radius 2 is 1.68 bits per heavy atom. The van der Waals surface area contributed by atoms with Crippen molar-refractivity contribution in [3.8, 4) is 0 Å². The summed E-state index contributed by atoms with van der Waals surface area (Å²) in [7, 11) is 0. The number of piperidine rings is 1. The fourth-order valence-electron chi connectivity index (χ4n) is 3.67. The van der Waals surface area contributed by atoms with E-state index in [4.69, 9.17) is 19.4 Å². The van der Waals surface area contributed by atoms with Crippen LogP contribution in [0, 0.1) is 0 Å². The maximum absolute atomic E-state index is 12.5. The quantitative estimate of drug-likeness (QED) is 0.868. The summed E-state index contributed by atoms with van der Waals surface area (Å²) < 4.78 is 11.7. The molecule has 28 heavy (non-hydrogen) atoms. The van der Waals surface area contributed by atoms with Gasteiger partial charge < -0.3 is 19.4 Å². The number of carboxylic acid groups (broad SMARTS) is 1. The largest absolute Gasteiger partial charge is 0.478 e. The van der Waals surface area contributed by atoms with Crippen LogP contribution in [0.15, 0.2) is 54.6 Å². The van der Waals surface area contributed by atoms with Gasteiger partial charge in [0.15, 0.2) is 5.79 Å². The van der Waals surface area contributed by atoms with Crippen LogP contribution in [0.5, 0.6) is 0 Å². The van der Waals surface area contributed by atoms with Crippen molar-refractivity contribution in [3.63, 3.8) is 0 Å². The molecule has 0 amide bonds. The molecule has 1 N–H and O–H groups in total. The van der Waals surface area contributed by atoms with Crippen molar-refractivity contribution >= 4 is 11.9 Å². The highest BCUT2D eigenvalue weighted by Crippen LogP contribution is 2.41. The molecule has 7 nitrogen and oxygen atoms in total. The predicted molar refractivity (Wildman–Crippen MR) is 98.6 cm³/mol. The molecule has 2 aliphatic rings. The van der Waals surface area contributed by atoms with Crippen molar-refractivity contribution in [3.05, 3.63) is 71.3 Å². The molecule has 0 saturated carbocycles. The lowest BCUT2D eigenvalue weighted by molar-refractivity contribution is -0.247. The van der Waals surface area contributed by atoms with Gasteiger partial charge in [0.2, 0.25) is 0 Å². The Morgan fingerprint density at radius 1 is 1.00 bits per heavy atom. The Balaban J connectivity index is 1.58. The molecule has 7 heteroatoms. The van der Waals surface area contributed by atoms with Gasteiger partial charge in [-0.05, 0) is 29.8 Å². The van der Waals surface area contributed by atoms with Crippen molar-refractivity contribution < 1.29 is 29.0 Å². The van der Waals surface area contributed by atoms with E-state index in [1.165, 1.54) is 0 Å². The van der Waals surface area contributed by atoms with Gasteiger partial charge in [0.25, 0.3) is 0 Å². The molecule has 0 radical (unpaired) electrons. The smallest absolute Gasteiger partial charge is 0.357 e. The molecule has 2 aliphatic heterocycles. The number of benzene rings is 2. The minimum Gasteiger partial charge on any atom is -0.478 e. The molecule has 1 unspecified atom stereocenters. The molecule has 0 aromatic heterocycles. The van der Waals surface area contributed by atoms with Crippen LogP contribution >= 0.6 is 0 Å². The first-order valence-corrected chi connectivity index (χ1v) is 9.21. The first-order valence-electron chi connectivity index (χ1n) is 9.21. The van der Waals surface area contributed by atoms with E-state index in [0.717, 1.165) is 5.56 Å². The highest BCUT2D eigenvalue weighted by Gasteiger charge is 2.46. The molecule has 1 atom stereocenters. The van der Waals surface area contributed by atoms with E-state index in [9.17, 15) is 9.59 Å². The van der Waals surface area contributed by atoms with Gasteiger partial charge in [-0.25, -0.2) is 9.59 Å². The number of carboxylic acids is 1. The Morgan fingerprint density at radius 3 is 2.32 bits per heavy atom. The highest BCUT2D eigenvalue weighted by molar-refractivity contribution is 5.89. The van der Waals surface area contributed by atoms with E-state index in [1.54, 1.807) is 53.6 Å². The summed E-state index contributed by atoms with van der Waals surface area (Å²) in [5, 5.41) is 10.8. The number of nitrogens with zero attached hydrogens (tertiary/aromatic N) is 1. The SMILES string of the molecule is O=C(O)c1ccc(C2CC3(CCN2OC(=O)c2ccccc2)OCCO3)cc1. The molecular weight excluding hydrogens is 362 g/mol. The lowest BCUT2D eigenvalue weighted by Crippen LogP contribution is -2.47. The molecule has 2 saturated heterocycles. The fraction of sp³-hybridized carbons (Fsp3) is 0.333. The van der Waals surface area contributed by atoms with E-state index in [-0.39, 0.29) is 11.6 Å². The van der Waals surface area contributed by atoms with Crippen molar-refractivity contribution in [1.29, 1.82) is 0 Å². The second kappa shape index (κ2) is 7.71. The van der Waals surface area contributed by atoms with Crippen molar-refractivity contribution in [1.82, 2.24) is 5.06 Å². The molecule has 2 aromatic rings. The van der Waals surface area contributed by atoms with Crippen LogP contribution in [0.4, 0.5) is 0 Å². The van der Waals surface area contributed by atoms with Crippen molar-refractivity contribution in [2.75, 3.05) is 19.8 Å². The van der Waals surface area contributed by atoms with Crippen LogP contribution in [-0.4, -0.2) is 47.7 Å². The zero-order valence-corrected chi connectivity index (χ0v) is 15.2. The van der Waals surface area contributed by atoms with Gasteiger partial charge in [0.05, 0.1) is 30.4 Å². The number of hydrogen-bond acceptors (Lipinski definition) is 6. The van der Waals surface area contributed by atoms with E-state index in [0.29, 0.717) is 38.2 Å². The maximum atomic E-state index is 12.5. The molecule has 2 fully saturated rings. The van der Waals surface area contributed by atoms with Gasteiger partial charge in [-0.1, -0.05) is 30.3 Å². The van der Waals surface area contributed by atoms with Gasteiger partial charge in [-0.15, -0.1) is 5.06 Å². The molecule has 146 valence electrons. The summed E-state index contributed by atoms with van der Waals surface area (Å²) in [6.45, 7) is 1.52. The van der Waals surface area contributed by atoms with Crippen molar-refractivity contribution in [2.24, 2.45) is 0 Å². The zero-order valence-electron chi connectivity index (χ0n) is 15.2. The highest BCUT2D eigenvalue weighted by atomic mass is 16.7. The number of carbonyl (C=O) groups excluding carboxylic acids is 1. The minimum atomic E-state index is -0.985. The lowest BCUT2D eigenvalue weighted by atomic mass is 9.92. The van der Waals surface area contributed by atoms with Crippen LogP contribution in [0.2, 0.25) is 0 Å². The molecule has 1 spiro atoms. The van der Waals surface area contributed by atoms with Crippen LogP contribution in [0.1, 0.15) is 45.2 Å². The number of ether oxygens (including phenoxy) is 2. The summed E-state index contributed by atoms with van der Waals surface area (Å²) in [4.78, 5) is 29.4. The average Bonchev–Trinajstić information content (AvgIpc) is 3.18. The van der Waals surface area contributed by atoms with Gasteiger partial charge in [-0.2, -0.15) is 0 Å². The Bertz CT molecular complexity index is 845. The third-order valence-electron chi connectivity index (χ3n) is 5.13. The van der Waals surface area contributed by atoms with Crippen LogP contribution in [0.3, 0.4) is 0 Å². The molecule has 2 heterocycles. The maximum Gasteiger partial charge on any atom is 0.357 e. The lowest BCUT2D eigenvalue weighted by Gasteiger charge is -2.42. The first kappa shape index (κ1) is 18.6. The summed E-state index contributed by atoms with van der Waals surface area (Å²) in [6, 6.07) is 15.1. The second-order valence-electron chi connectivity index (χ2n) is 6.89. The van der Waals surface area contributed by atoms with Crippen molar-refractivity contribution in [2.45, 2.75) is 24.7 Å². The first-order chi connectivity index (χ1) is 13.6. The molecule has 0 aliphatic carbocycles. The van der Waals surface area contributed by atoms with Crippen LogP contribution in [0.25, 0.3) is 0 Å². The zero-order chi connectivity index (χ0) is 19.6. The second-order valence-corrected chi connectivity index (χ2v) is 6.89. The van der Waals surface area contributed by atoms with E-state index < -0.39 is 17.7 Å². The average molecular weight is 383 g/mol. The molecule has 4 rings (SSSR count). The van der Waals surface area contributed by atoms with E-state index in [1.807, 2.05) is 6.07 Å². The number of aromatic carboxylic acids is 1. The molecular formula is C21H21NO6. The Kier molecular flexibility index (Phi) is 5.13. The normalized spacial score (nSPS) is 21.5. The van der Waals surface area contributed by atoms with Crippen LogP contribution in [-0.2, 0) is 14.3 Å². The summed E-state index contributed by atoms with van der Waals surface area (Å²) in [6.07, 6.45) is 1.07. The monoisotopic (exact) mass is 383 g/mol. The third kappa shape index (κ3) is 3.77. The number of hydroxylamine groups is 2. The summed E-state index contributed by atoms with van der Waals surface area (Å²) in [5.41, 5.74) is 1.51.